The summed E-state index contributed by atoms with van der Waals surface area (Å²) in [6, 6.07) is 7.84. The second kappa shape index (κ2) is 5.91. The fraction of sp³-hybridized carbons (Fsp3) is 0.214. The number of halogens is 1. The Bertz CT molecular complexity index is 786. The molecule has 21 heavy (non-hydrogen) atoms. The molecule has 3 rings (SSSR count). The van der Waals surface area contributed by atoms with Crippen molar-refractivity contribution in [2.75, 3.05) is 11.6 Å². The molecule has 7 heteroatoms. The number of anilines is 2. The van der Waals surface area contributed by atoms with Crippen molar-refractivity contribution < 1.29 is 0 Å². The zero-order chi connectivity index (χ0) is 14.8. The first kappa shape index (κ1) is 14.2. The maximum absolute atomic E-state index is 6.20. The number of hydrogen-bond donors (Lipinski definition) is 1. The molecule has 2 heterocycles. The van der Waals surface area contributed by atoms with Gasteiger partial charge in [0, 0.05) is 28.2 Å². The fourth-order valence-corrected chi connectivity index (χ4v) is 2.90. The third-order valence-corrected chi connectivity index (χ3v) is 3.97. The van der Waals surface area contributed by atoms with Crippen LogP contribution in [-0.2, 0) is 5.75 Å². The number of fused-ring (bicyclic) bond motifs is 1. The van der Waals surface area contributed by atoms with Crippen LogP contribution >= 0.6 is 23.4 Å². The highest BCUT2D eigenvalue weighted by Gasteiger charge is 2.07. The van der Waals surface area contributed by atoms with Crippen LogP contribution in [0.25, 0.3) is 5.78 Å². The van der Waals surface area contributed by atoms with E-state index in [2.05, 4.69) is 32.7 Å². The number of benzene rings is 1. The Morgan fingerprint density at radius 1 is 1.33 bits per heavy atom. The smallest absolute Gasteiger partial charge is 0.254 e. The van der Waals surface area contributed by atoms with Crippen molar-refractivity contribution in [3.05, 3.63) is 46.9 Å². The highest BCUT2D eigenvalue weighted by atomic mass is 35.5. The minimum absolute atomic E-state index is 0.579. The van der Waals surface area contributed by atoms with Crippen molar-refractivity contribution >= 4 is 40.6 Å². The van der Waals surface area contributed by atoms with E-state index in [0.717, 1.165) is 33.5 Å². The van der Waals surface area contributed by atoms with Crippen molar-refractivity contribution in [3.63, 3.8) is 0 Å². The summed E-state index contributed by atoms with van der Waals surface area (Å²) in [5, 5.41) is 8.32. The first-order valence-corrected chi connectivity index (χ1v) is 8.16. The second-order valence-corrected chi connectivity index (χ2v) is 5.89. The average Bonchev–Trinajstić information content (AvgIpc) is 2.91. The SMILES string of the molecule is CSCc1cc(Nc2cc(C)nc3ncnn23)ccc1Cl. The summed E-state index contributed by atoms with van der Waals surface area (Å²) in [5.74, 6) is 2.28. The number of hydrogen-bond acceptors (Lipinski definition) is 5. The minimum atomic E-state index is 0.579. The second-order valence-electron chi connectivity index (χ2n) is 4.62. The minimum Gasteiger partial charge on any atom is -0.340 e. The molecule has 0 radical (unpaired) electrons. The van der Waals surface area contributed by atoms with E-state index < -0.39 is 0 Å². The molecular formula is C14H14ClN5S. The number of rotatable bonds is 4. The average molecular weight is 320 g/mol. The molecule has 2 aromatic heterocycles. The molecule has 1 N–H and O–H groups in total. The molecule has 0 fully saturated rings. The van der Waals surface area contributed by atoms with E-state index in [0.29, 0.717) is 5.78 Å². The van der Waals surface area contributed by atoms with Crippen LogP contribution in [0.1, 0.15) is 11.3 Å². The Balaban J connectivity index is 1.98. The van der Waals surface area contributed by atoms with E-state index in [1.807, 2.05) is 25.1 Å². The number of nitrogens with zero attached hydrogens (tertiary/aromatic N) is 4. The van der Waals surface area contributed by atoms with Gasteiger partial charge in [0.25, 0.3) is 5.78 Å². The Morgan fingerprint density at radius 2 is 2.19 bits per heavy atom. The van der Waals surface area contributed by atoms with E-state index >= 15 is 0 Å². The van der Waals surface area contributed by atoms with Crippen molar-refractivity contribution in [2.24, 2.45) is 0 Å². The molecule has 0 aliphatic rings. The van der Waals surface area contributed by atoms with Crippen LogP contribution in [0, 0.1) is 6.92 Å². The van der Waals surface area contributed by atoms with Crippen molar-refractivity contribution in [2.45, 2.75) is 12.7 Å². The lowest BCUT2D eigenvalue weighted by Gasteiger charge is -2.11. The number of thioether (sulfide) groups is 1. The van der Waals surface area contributed by atoms with Gasteiger partial charge >= 0.3 is 0 Å². The zero-order valence-electron chi connectivity index (χ0n) is 11.7. The molecule has 0 aliphatic carbocycles. The van der Waals surface area contributed by atoms with Gasteiger partial charge in [-0.2, -0.15) is 26.4 Å². The summed E-state index contributed by atoms with van der Waals surface area (Å²) >= 11 is 7.94. The Kier molecular flexibility index (Phi) is 3.98. The van der Waals surface area contributed by atoms with Crippen LogP contribution < -0.4 is 5.32 Å². The predicted molar refractivity (Wildman–Crippen MR) is 87.5 cm³/mol. The largest absolute Gasteiger partial charge is 0.340 e. The molecular weight excluding hydrogens is 306 g/mol. The Hall–Kier alpha value is -1.79. The summed E-state index contributed by atoms with van der Waals surface area (Å²) in [7, 11) is 0. The van der Waals surface area contributed by atoms with Crippen LogP contribution in [0.3, 0.4) is 0 Å². The highest BCUT2D eigenvalue weighted by Crippen LogP contribution is 2.26. The van der Waals surface area contributed by atoms with Crippen LogP contribution in [0.2, 0.25) is 5.02 Å². The third-order valence-electron chi connectivity index (χ3n) is 3.00. The summed E-state index contributed by atoms with van der Waals surface area (Å²) in [6.45, 7) is 1.93. The Labute approximate surface area is 131 Å². The van der Waals surface area contributed by atoms with Crippen molar-refractivity contribution in [1.82, 2.24) is 19.6 Å². The molecule has 0 unspecified atom stereocenters. The Morgan fingerprint density at radius 3 is 3.00 bits per heavy atom. The molecule has 0 bridgehead atoms. The van der Waals surface area contributed by atoms with Crippen LogP contribution in [0.4, 0.5) is 11.5 Å². The van der Waals surface area contributed by atoms with Gasteiger partial charge < -0.3 is 5.32 Å². The van der Waals surface area contributed by atoms with E-state index in [1.165, 1.54) is 6.33 Å². The lowest BCUT2D eigenvalue weighted by molar-refractivity contribution is 0.937. The lowest BCUT2D eigenvalue weighted by Crippen LogP contribution is -2.03. The van der Waals surface area contributed by atoms with Crippen LogP contribution in [-0.4, -0.2) is 25.8 Å². The standard InChI is InChI=1S/C14H14ClN5S/c1-9-5-13(20-14(18-9)16-8-17-20)19-11-3-4-12(15)10(6-11)7-21-2/h3-6,8,19H,7H2,1-2H3. The van der Waals surface area contributed by atoms with Gasteiger partial charge in [-0.25, -0.2) is 4.98 Å². The highest BCUT2D eigenvalue weighted by molar-refractivity contribution is 7.97. The van der Waals surface area contributed by atoms with E-state index in [9.17, 15) is 0 Å². The number of nitrogens with one attached hydrogen (secondary N) is 1. The molecule has 0 aliphatic heterocycles. The third kappa shape index (κ3) is 2.96. The predicted octanol–water partition coefficient (Wildman–Crippen LogP) is 3.69. The quantitative estimate of drug-likeness (QED) is 0.794. The molecule has 0 saturated carbocycles. The van der Waals surface area contributed by atoms with Gasteiger partial charge in [0.2, 0.25) is 0 Å². The molecule has 1 aromatic carbocycles. The van der Waals surface area contributed by atoms with Crippen molar-refractivity contribution in [3.8, 4) is 0 Å². The summed E-state index contributed by atoms with van der Waals surface area (Å²) in [6.07, 6.45) is 3.55. The number of aryl methyl sites for hydroxylation is 1. The summed E-state index contributed by atoms with van der Waals surface area (Å²) in [4.78, 5) is 8.44. The van der Waals surface area contributed by atoms with Gasteiger partial charge in [-0.15, -0.1) is 0 Å². The molecule has 0 spiro atoms. The van der Waals surface area contributed by atoms with Crippen molar-refractivity contribution in [1.29, 1.82) is 0 Å². The van der Waals surface area contributed by atoms with E-state index in [4.69, 9.17) is 11.6 Å². The molecule has 108 valence electrons. The van der Waals surface area contributed by atoms with Gasteiger partial charge in [0.05, 0.1) is 0 Å². The topological polar surface area (TPSA) is 55.1 Å². The maximum atomic E-state index is 6.20. The van der Waals surface area contributed by atoms with Gasteiger partial charge in [-0.1, -0.05) is 11.6 Å². The van der Waals surface area contributed by atoms with Gasteiger partial charge in [-0.3, -0.25) is 0 Å². The van der Waals surface area contributed by atoms with E-state index in [1.54, 1.807) is 16.3 Å². The molecule has 0 amide bonds. The van der Waals surface area contributed by atoms with E-state index in [-0.39, 0.29) is 0 Å². The first-order chi connectivity index (χ1) is 10.2. The molecule has 3 aromatic rings. The monoisotopic (exact) mass is 319 g/mol. The molecule has 5 nitrogen and oxygen atoms in total. The van der Waals surface area contributed by atoms with Gasteiger partial charge in [0.15, 0.2) is 0 Å². The van der Waals surface area contributed by atoms with Gasteiger partial charge in [-0.05, 0) is 36.9 Å². The number of aromatic nitrogens is 4. The van der Waals surface area contributed by atoms with Gasteiger partial charge in [0.1, 0.15) is 12.1 Å². The van der Waals surface area contributed by atoms with Crippen LogP contribution in [0.5, 0.6) is 0 Å². The zero-order valence-corrected chi connectivity index (χ0v) is 13.2. The molecule has 0 saturated heterocycles. The summed E-state index contributed by atoms with van der Waals surface area (Å²) in [5.41, 5.74) is 2.96. The molecule has 0 atom stereocenters. The fourth-order valence-electron chi connectivity index (χ4n) is 2.09. The summed E-state index contributed by atoms with van der Waals surface area (Å²) < 4.78 is 1.68. The maximum Gasteiger partial charge on any atom is 0.254 e. The normalized spacial score (nSPS) is 11.0. The van der Waals surface area contributed by atoms with Crippen LogP contribution in [0.15, 0.2) is 30.6 Å². The lowest BCUT2D eigenvalue weighted by atomic mass is 10.2. The first-order valence-electron chi connectivity index (χ1n) is 6.39.